The van der Waals surface area contributed by atoms with Gasteiger partial charge in [0.25, 0.3) is 0 Å². The summed E-state index contributed by atoms with van der Waals surface area (Å²) < 4.78 is 0. The highest BCUT2D eigenvalue weighted by atomic mass is 16.2. The SMILES string of the molecule is CCCC(=O)Nc1ccc2cc(C#N)c(NC(=O)CCC)nc2n1. The highest BCUT2D eigenvalue weighted by molar-refractivity contribution is 5.94. The number of aromatic nitrogens is 2. The molecule has 124 valence electrons. The summed E-state index contributed by atoms with van der Waals surface area (Å²) in [7, 11) is 0. The number of pyridine rings is 2. The average molecular weight is 325 g/mol. The summed E-state index contributed by atoms with van der Waals surface area (Å²) in [5.74, 6) is 0.264. The normalized spacial score (nSPS) is 10.2. The largest absolute Gasteiger partial charge is 0.311 e. The van der Waals surface area contributed by atoms with Gasteiger partial charge in [-0.15, -0.1) is 0 Å². The van der Waals surface area contributed by atoms with Crippen LogP contribution >= 0.6 is 0 Å². The number of nitriles is 1. The van der Waals surface area contributed by atoms with E-state index in [0.29, 0.717) is 36.1 Å². The number of rotatable bonds is 6. The molecule has 0 aliphatic heterocycles. The Morgan fingerprint density at radius 1 is 1.08 bits per heavy atom. The van der Waals surface area contributed by atoms with Crippen molar-refractivity contribution >= 4 is 34.5 Å². The summed E-state index contributed by atoms with van der Waals surface area (Å²) in [4.78, 5) is 32.0. The lowest BCUT2D eigenvalue weighted by molar-refractivity contribution is -0.117. The van der Waals surface area contributed by atoms with Crippen molar-refractivity contribution < 1.29 is 9.59 Å². The molecule has 2 rings (SSSR count). The van der Waals surface area contributed by atoms with Crippen molar-refractivity contribution in [2.45, 2.75) is 39.5 Å². The second kappa shape index (κ2) is 8.02. The molecule has 2 amide bonds. The number of hydrogen-bond donors (Lipinski definition) is 2. The number of nitrogens with zero attached hydrogens (tertiary/aromatic N) is 3. The van der Waals surface area contributed by atoms with E-state index in [0.717, 1.165) is 6.42 Å². The molecule has 0 atom stereocenters. The summed E-state index contributed by atoms with van der Waals surface area (Å²) in [5, 5.41) is 15.2. The maximum atomic E-state index is 11.8. The fraction of sp³-hybridized carbons (Fsp3) is 0.353. The fourth-order valence-corrected chi connectivity index (χ4v) is 2.16. The van der Waals surface area contributed by atoms with Crippen LogP contribution in [0.1, 0.15) is 45.1 Å². The zero-order valence-corrected chi connectivity index (χ0v) is 13.7. The molecule has 7 heteroatoms. The maximum Gasteiger partial charge on any atom is 0.225 e. The van der Waals surface area contributed by atoms with Gasteiger partial charge in [-0.2, -0.15) is 5.26 Å². The molecule has 2 aromatic heterocycles. The van der Waals surface area contributed by atoms with E-state index < -0.39 is 0 Å². The van der Waals surface area contributed by atoms with Crippen LogP contribution in [-0.4, -0.2) is 21.8 Å². The van der Waals surface area contributed by atoms with E-state index in [9.17, 15) is 14.9 Å². The third kappa shape index (κ3) is 4.26. The van der Waals surface area contributed by atoms with Gasteiger partial charge in [0.2, 0.25) is 11.8 Å². The highest BCUT2D eigenvalue weighted by Gasteiger charge is 2.11. The van der Waals surface area contributed by atoms with Crippen LogP contribution in [0.25, 0.3) is 11.0 Å². The molecular formula is C17H19N5O2. The molecule has 24 heavy (non-hydrogen) atoms. The Balaban J connectivity index is 2.35. The van der Waals surface area contributed by atoms with Gasteiger partial charge < -0.3 is 10.6 Å². The van der Waals surface area contributed by atoms with Crippen LogP contribution in [-0.2, 0) is 9.59 Å². The summed E-state index contributed by atoms with van der Waals surface area (Å²) >= 11 is 0. The molecule has 0 aliphatic rings. The molecule has 0 aliphatic carbocycles. The van der Waals surface area contributed by atoms with Crippen LogP contribution in [0.3, 0.4) is 0 Å². The summed E-state index contributed by atoms with van der Waals surface area (Å²) in [5.41, 5.74) is 0.631. The number of carbonyl (C=O) groups is 2. The quantitative estimate of drug-likeness (QED) is 0.849. The molecule has 0 unspecified atom stereocenters. The number of amides is 2. The third-order valence-electron chi connectivity index (χ3n) is 3.28. The lowest BCUT2D eigenvalue weighted by Gasteiger charge is -2.08. The van der Waals surface area contributed by atoms with Crippen molar-refractivity contribution in [3.8, 4) is 6.07 Å². The molecule has 2 heterocycles. The lowest BCUT2D eigenvalue weighted by Crippen LogP contribution is -2.14. The van der Waals surface area contributed by atoms with Crippen molar-refractivity contribution in [3.05, 3.63) is 23.8 Å². The van der Waals surface area contributed by atoms with E-state index in [4.69, 9.17) is 0 Å². The Bertz CT molecular complexity index is 810. The molecule has 2 aromatic rings. The standard InChI is InChI=1S/C17H19N5O2/c1-3-5-14(23)19-13-8-7-11-9-12(10-18)17(22-16(11)20-13)21-15(24)6-4-2/h7-9H,3-6H2,1-2H3,(H2,19,20,21,22,23,24). The predicted octanol–water partition coefficient (Wildman–Crippen LogP) is 2.98. The van der Waals surface area contributed by atoms with Crippen LogP contribution in [0, 0.1) is 11.3 Å². The highest BCUT2D eigenvalue weighted by Crippen LogP contribution is 2.21. The molecule has 0 spiro atoms. The van der Waals surface area contributed by atoms with Crippen LogP contribution in [0.2, 0.25) is 0 Å². The zero-order valence-electron chi connectivity index (χ0n) is 13.7. The first-order chi connectivity index (χ1) is 11.6. The molecule has 0 saturated carbocycles. The van der Waals surface area contributed by atoms with E-state index >= 15 is 0 Å². The van der Waals surface area contributed by atoms with Crippen molar-refractivity contribution in [1.29, 1.82) is 5.26 Å². The van der Waals surface area contributed by atoms with E-state index in [1.54, 1.807) is 18.2 Å². The van der Waals surface area contributed by atoms with Gasteiger partial charge in [0.1, 0.15) is 11.9 Å². The second-order valence-corrected chi connectivity index (χ2v) is 5.34. The van der Waals surface area contributed by atoms with Gasteiger partial charge in [0.05, 0.1) is 5.56 Å². The van der Waals surface area contributed by atoms with Crippen molar-refractivity contribution in [2.24, 2.45) is 0 Å². The molecule has 2 N–H and O–H groups in total. The molecule has 0 bridgehead atoms. The first kappa shape index (κ1) is 17.3. The predicted molar refractivity (Wildman–Crippen MR) is 91.3 cm³/mol. The van der Waals surface area contributed by atoms with E-state index in [-0.39, 0.29) is 23.2 Å². The van der Waals surface area contributed by atoms with Gasteiger partial charge in [0, 0.05) is 18.2 Å². The second-order valence-electron chi connectivity index (χ2n) is 5.34. The fourth-order valence-electron chi connectivity index (χ4n) is 2.16. The lowest BCUT2D eigenvalue weighted by atomic mass is 10.2. The number of anilines is 2. The minimum absolute atomic E-state index is 0.116. The molecule has 0 aromatic carbocycles. The number of hydrogen-bond acceptors (Lipinski definition) is 5. The van der Waals surface area contributed by atoms with Crippen LogP contribution in [0.15, 0.2) is 18.2 Å². The molecule has 0 radical (unpaired) electrons. The first-order valence-corrected chi connectivity index (χ1v) is 7.89. The molecular weight excluding hydrogens is 306 g/mol. The summed E-state index contributed by atoms with van der Waals surface area (Å²) in [6, 6.07) is 7.04. The number of nitrogens with one attached hydrogen (secondary N) is 2. The Morgan fingerprint density at radius 3 is 2.38 bits per heavy atom. The van der Waals surface area contributed by atoms with Crippen molar-refractivity contribution in [3.63, 3.8) is 0 Å². The van der Waals surface area contributed by atoms with Gasteiger partial charge in [-0.1, -0.05) is 13.8 Å². The van der Waals surface area contributed by atoms with Crippen LogP contribution in [0.4, 0.5) is 11.6 Å². The van der Waals surface area contributed by atoms with Gasteiger partial charge in [-0.25, -0.2) is 9.97 Å². The van der Waals surface area contributed by atoms with E-state index in [1.807, 2.05) is 19.9 Å². The first-order valence-electron chi connectivity index (χ1n) is 7.89. The molecule has 0 saturated heterocycles. The minimum atomic E-state index is -0.201. The van der Waals surface area contributed by atoms with Gasteiger partial charge in [-0.05, 0) is 31.0 Å². The average Bonchev–Trinajstić information content (AvgIpc) is 2.54. The topological polar surface area (TPSA) is 108 Å². The zero-order chi connectivity index (χ0) is 17.5. The Labute approximate surface area is 140 Å². The van der Waals surface area contributed by atoms with E-state index in [1.165, 1.54) is 0 Å². The van der Waals surface area contributed by atoms with Crippen LogP contribution < -0.4 is 10.6 Å². The minimum Gasteiger partial charge on any atom is -0.311 e. The third-order valence-corrected chi connectivity index (χ3v) is 3.28. The monoisotopic (exact) mass is 325 g/mol. The Morgan fingerprint density at radius 2 is 1.75 bits per heavy atom. The number of fused-ring (bicyclic) bond motifs is 1. The summed E-state index contributed by atoms with van der Waals surface area (Å²) in [6.07, 6.45) is 2.22. The van der Waals surface area contributed by atoms with Crippen molar-refractivity contribution in [2.75, 3.05) is 10.6 Å². The van der Waals surface area contributed by atoms with Crippen LogP contribution in [0.5, 0.6) is 0 Å². The van der Waals surface area contributed by atoms with Crippen molar-refractivity contribution in [1.82, 2.24) is 9.97 Å². The maximum absolute atomic E-state index is 11.8. The Kier molecular flexibility index (Phi) is 5.79. The van der Waals surface area contributed by atoms with E-state index in [2.05, 4.69) is 20.6 Å². The summed E-state index contributed by atoms with van der Waals surface area (Å²) in [6.45, 7) is 3.81. The van der Waals surface area contributed by atoms with Gasteiger partial charge in [-0.3, -0.25) is 9.59 Å². The van der Waals surface area contributed by atoms with Gasteiger partial charge >= 0.3 is 0 Å². The van der Waals surface area contributed by atoms with Gasteiger partial charge in [0.15, 0.2) is 11.5 Å². The number of carbonyl (C=O) groups excluding carboxylic acids is 2. The smallest absolute Gasteiger partial charge is 0.225 e. The Hall–Kier alpha value is -3.01. The molecule has 7 nitrogen and oxygen atoms in total. The molecule has 0 fully saturated rings.